The lowest BCUT2D eigenvalue weighted by atomic mass is 10.2. The third kappa shape index (κ3) is 1.71. The molecule has 0 radical (unpaired) electrons. The number of aryl methyl sites for hydroxylation is 3. The SMILES string of the molecule is CCCCn1cnc2sc3c(c2c1=O)CCC3. The number of hydrogen-bond acceptors (Lipinski definition) is 3. The molecular formula is C13H16N2OS. The Labute approximate surface area is 104 Å². The zero-order valence-electron chi connectivity index (χ0n) is 10.0. The van der Waals surface area contributed by atoms with Crippen LogP contribution in [-0.4, -0.2) is 9.55 Å². The molecular weight excluding hydrogens is 232 g/mol. The molecule has 1 aliphatic carbocycles. The van der Waals surface area contributed by atoms with Gasteiger partial charge in [-0.05, 0) is 31.2 Å². The van der Waals surface area contributed by atoms with Crippen molar-refractivity contribution < 1.29 is 0 Å². The van der Waals surface area contributed by atoms with Gasteiger partial charge in [-0.1, -0.05) is 13.3 Å². The molecule has 0 amide bonds. The van der Waals surface area contributed by atoms with Gasteiger partial charge in [-0.2, -0.15) is 0 Å². The maximum Gasteiger partial charge on any atom is 0.262 e. The van der Waals surface area contributed by atoms with Crippen molar-refractivity contribution in [2.45, 2.75) is 45.6 Å². The molecule has 3 rings (SSSR count). The molecule has 0 unspecified atom stereocenters. The van der Waals surface area contributed by atoms with Crippen LogP contribution in [-0.2, 0) is 19.4 Å². The second-order valence-electron chi connectivity index (χ2n) is 4.63. The fourth-order valence-electron chi connectivity index (χ4n) is 2.51. The summed E-state index contributed by atoms with van der Waals surface area (Å²) in [7, 11) is 0. The second kappa shape index (κ2) is 4.26. The zero-order chi connectivity index (χ0) is 11.8. The first kappa shape index (κ1) is 11.0. The number of unbranched alkanes of at least 4 members (excludes halogenated alkanes) is 1. The summed E-state index contributed by atoms with van der Waals surface area (Å²) in [6.45, 7) is 2.93. The molecule has 0 aliphatic heterocycles. The van der Waals surface area contributed by atoms with Crippen LogP contribution in [0.3, 0.4) is 0 Å². The Balaban J connectivity index is 2.16. The summed E-state index contributed by atoms with van der Waals surface area (Å²) in [6, 6.07) is 0. The van der Waals surface area contributed by atoms with E-state index in [1.165, 1.54) is 16.9 Å². The highest BCUT2D eigenvalue weighted by atomic mass is 32.1. The average Bonchev–Trinajstić information content (AvgIpc) is 2.87. The summed E-state index contributed by atoms with van der Waals surface area (Å²) in [4.78, 5) is 19.1. The molecule has 3 nitrogen and oxygen atoms in total. The van der Waals surface area contributed by atoms with Crippen LogP contribution < -0.4 is 5.56 Å². The van der Waals surface area contributed by atoms with Crippen molar-refractivity contribution in [1.29, 1.82) is 0 Å². The normalized spacial score (nSPS) is 14.4. The van der Waals surface area contributed by atoms with Gasteiger partial charge in [0.2, 0.25) is 0 Å². The number of rotatable bonds is 3. The van der Waals surface area contributed by atoms with Crippen molar-refractivity contribution in [1.82, 2.24) is 9.55 Å². The molecule has 0 saturated heterocycles. The van der Waals surface area contributed by atoms with Crippen LogP contribution in [0.4, 0.5) is 0 Å². The minimum Gasteiger partial charge on any atom is -0.299 e. The van der Waals surface area contributed by atoms with E-state index in [0.717, 1.165) is 42.4 Å². The largest absolute Gasteiger partial charge is 0.299 e. The summed E-state index contributed by atoms with van der Waals surface area (Å²) in [5, 5.41) is 0.904. The topological polar surface area (TPSA) is 34.9 Å². The van der Waals surface area contributed by atoms with Crippen LogP contribution in [0.25, 0.3) is 10.2 Å². The summed E-state index contributed by atoms with van der Waals surface area (Å²) >= 11 is 1.71. The molecule has 2 heterocycles. The first-order chi connectivity index (χ1) is 8.31. The molecule has 0 aromatic carbocycles. The predicted octanol–water partition coefficient (Wildman–Crippen LogP) is 2.75. The van der Waals surface area contributed by atoms with Crippen molar-refractivity contribution >= 4 is 21.6 Å². The van der Waals surface area contributed by atoms with E-state index in [1.807, 2.05) is 0 Å². The Kier molecular flexibility index (Phi) is 2.74. The summed E-state index contributed by atoms with van der Waals surface area (Å²) in [5.74, 6) is 0. The second-order valence-corrected chi connectivity index (χ2v) is 5.72. The highest BCUT2D eigenvalue weighted by molar-refractivity contribution is 7.18. The van der Waals surface area contributed by atoms with Crippen molar-refractivity contribution in [2.75, 3.05) is 0 Å². The van der Waals surface area contributed by atoms with E-state index in [2.05, 4.69) is 11.9 Å². The van der Waals surface area contributed by atoms with Gasteiger partial charge >= 0.3 is 0 Å². The van der Waals surface area contributed by atoms with Gasteiger partial charge in [0.15, 0.2) is 0 Å². The maximum atomic E-state index is 12.4. The molecule has 0 saturated carbocycles. The van der Waals surface area contributed by atoms with Crippen molar-refractivity contribution in [3.05, 3.63) is 27.1 Å². The Morgan fingerprint density at radius 3 is 3.18 bits per heavy atom. The summed E-state index contributed by atoms with van der Waals surface area (Å²) in [6.07, 6.45) is 7.24. The van der Waals surface area contributed by atoms with Crippen LogP contribution >= 0.6 is 11.3 Å². The van der Waals surface area contributed by atoms with Gasteiger partial charge in [0.25, 0.3) is 5.56 Å². The number of thiophene rings is 1. The van der Waals surface area contributed by atoms with Gasteiger partial charge in [-0.15, -0.1) is 11.3 Å². The molecule has 4 heteroatoms. The monoisotopic (exact) mass is 248 g/mol. The lowest BCUT2D eigenvalue weighted by Gasteiger charge is -2.04. The Morgan fingerprint density at radius 1 is 1.47 bits per heavy atom. The van der Waals surface area contributed by atoms with Gasteiger partial charge in [-0.3, -0.25) is 9.36 Å². The van der Waals surface area contributed by atoms with E-state index < -0.39 is 0 Å². The third-order valence-corrected chi connectivity index (χ3v) is 4.64. The van der Waals surface area contributed by atoms with Crippen molar-refractivity contribution in [2.24, 2.45) is 0 Å². The first-order valence-corrected chi connectivity index (χ1v) is 7.12. The molecule has 17 heavy (non-hydrogen) atoms. The number of hydrogen-bond donors (Lipinski definition) is 0. The zero-order valence-corrected chi connectivity index (χ0v) is 10.8. The molecule has 0 bridgehead atoms. The number of nitrogens with zero attached hydrogens (tertiary/aromatic N) is 2. The van der Waals surface area contributed by atoms with Crippen LogP contribution in [0.15, 0.2) is 11.1 Å². The Morgan fingerprint density at radius 2 is 2.35 bits per heavy atom. The van der Waals surface area contributed by atoms with Crippen LogP contribution in [0, 0.1) is 0 Å². The van der Waals surface area contributed by atoms with E-state index in [9.17, 15) is 4.79 Å². The average molecular weight is 248 g/mol. The van der Waals surface area contributed by atoms with Crippen LogP contribution in [0.5, 0.6) is 0 Å². The minimum atomic E-state index is 0.169. The van der Waals surface area contributed by atoms with Crippen molar-refractivity contribution in [3.63, 3.8) is 0 Å². The van der Waals surface area contributed by atoms with E-state index in [0.29, 0.717) is 0 Å². The fraction of sp³-hybridized carbons (Fsp3) is 0.538. The van der Waals surface area contributed by atoms with Crippen LogP contribution in [0.2, 0.25) is 0 Å². The van der Waals surface area contributed by atoms with E-state index >= 15 is 0 Å². The summed E-state index contributed by atoms with van der Waals surface area (Å²) < 4.78 is 1.77. The lowest BCUT2D eigenvalue weighted by molar-refractivity contribution is 0.608. The number of fused-ring (bicyclic) bond motifs is 3. The summed E-state index contributed by atoms with van der Waals surface area (Å²) in [5.41, 5.74) is 1.45. The van der Waals surface area contributed by atoms with Crippen molar-refractivity contribution in [3.8, 4) is 0 Å². The van der Waals surface area contributed by atoms with Crippen LogP contribution in [0.1, 0.15) is 36.6 Å². The molecule has 90 valence electrons. The smallest absolute Gasteiger partial charge is 0.262 e. The maximum absolute atomic E-state index is 12.4. The van der Waals surface area contributed by atoms with E-state index in [-0.39, 0.29) is 5.56 Å². The molecule has 2 aromatic heterocycles. The molecule has 0 N–H and O–H groups in total. The first-order valence-electron chi connectivity index (χ1n) is 6.31. The Hall–Kier alpha value is -1.16. The highest BCUT2D eigenvalue weighted by Crippen LogP contribution is 2.34. The fourth-order valence-corrected chi connectivity index (χ4v) is 3.73. The van der Waals surface area contributed by atoms with Gasteiger partial charge in [0.05, 0.1) is 11.7 Å². The highest BCUT2D eigenvalue weighted by Gasteiger charge is 2.20. The standard InChI is InChI=1S/C13H16N2OS/c1-2-3-7-15-8-14-12-11(13(15)16)9-5-4-6-10(9)17-12/h8H,2-7H2,1H3. The quantitative estimate of drug-likeness (QED) is 0.837. The number of aromatic nitrogens is 2. The van der Waals surface area contributed by atoms with Gasteiger partial charge < -0.3 is 0 Å². The lowest BCUT2D eigenvalue weighted by Crippen LogP contribution is -2.20. The molecule has 0 atom stereocenters. The van der Waals surface area contributed by atoms with Gasteiger partial charge in [-0.25, -0.2) is 4.98 Å². The van der Waals surface area contributed by atoms with E-state index in [4.69, 9.17) is 0 Å². The van der Waals surface area contributed by atoms with E-state index in [1.54, 1.807) is 22.2 Å². The molecule has 1 aliphatic rings. The molecule has 0 spiro atoms. The molecule has 0 fully saturated rings. The van der Waals surface area contributed by atoms with Gasteiger partial charge in [0, 0.05) is 11.4 Å². The third-order valence-electron chi connectivity index (χ3n) is 3.44. The minimum absolute atomic E-state index is 0.169. The van der Waals surface area contributed by atoms with Gasteiger partial charge in [0.1, 0.15) is 4.83 Å². The Bertz CT molecular complexity index is 612. The molecule has 2 aromatic rings. The predicted molar refractivity (Wildman–Crippen MR) is 70.8 cm³/mol.